The van der Waals surface area contributed by atoms with E-state index in [1.54, 1.807) is 0 Å². The molecule has 3 nitrogen and oxygen atoms in total. The van der Waals surface area contributed by atoms with Crippen LogP contribution in [0.15, 0.2) is 18.2 Å². The molecular formula is C18H29N3. The van der Waals surface area contributed by atoms with Gasteiger partial charge in [-0.2, -0.15) is 0 Å². The van der Waals surface area contributed by atoms with Gasteiger partial charge in [-0.15, -0.1) is 0 Å². The Labute approximate surface area is 129 Å². The molecule has 1 atom stereocenters. The lowest BCUT2D eigenvalue weighted by Gasteiger charge is -2.36. The molecule has 2 N–H and O–H groups in total. The lowest BCUT2D eigenvalue weighted by molar-refractivity contribution is 0.248. The highest BCUT2D eigenvalue weighted by molar-refractivity contribution is 5.51. The average molecular weight is 287 g/mol. The summed E-state index contributed by atoms with van der Waals surface area (Å²) < 4.78 is 0. The number of benzene rings is 1. The molecule has 0 amide bonds. The fraction of sp³-hybridized carbons (Fsp3) is 0.667. The molecule has 2 aliphatic rings. The molecule has 1 aromatic rings. The maximum absolute atomic E-state index is 5.92. The molecule has 0 aromatic heterocycles. The standard InChI is InChI=1S/C18H29N3/c1-14-11-18(6-5-17(14)12-15(2)19)21-9-7-20(8-10-21)13-16-3-4-16/h5-6,11,15-16H,3-4,7-10,12-13,19H2,1-2H3. The zero-order valence-electron chi connectivity index (χ0n) is 13.5. The van der Waals surface area contributed by atoms with Crippen molar-refractivity contribution in [1.82, 2.24) is 4.90 Å². The van der Waals surface area contributed by atoms with E-state index in [2.05, 4.69) is 41.8 Å². The predicted molar refractivity (Wildman–Crippen MR) is 89.9 cm³/mol. The van der Waals surface area contributed by atoms with Gasteiger partial charge in [-0.3, -0.25) is 4.90 Å². The van der Waals surface area contributed by atoms with E-state index in [4.69, 9.17) is 5.73 Å². The third-order valence-corrected chi connectivity index (χ3v) is 4.82. The van der Waals surface area contributed by atoms with Crippen LogP contribution in [-0.2, 0) is 6.42 Å². The number of anilines is 1. The van der Waals surface area contributed by atoms with E-state index in [0.29, 0.717) is 0 Å². The van der Waals surface area contributed by atoms with Gasteiger partial charge in [-0.1, -0.05) is 6.07 Å². The summed E-state index contributed by atoms with van der Waals surface area (Å²) in [6.07, 6.45) is 3.89. The zero-order chi connectivity index (χ0) is 14.8. The Morgan fingerprint density at radius 3 is 2.48 bits per heavy atom. The molecule has 0 bridgehead atoms. The molecule has 1 aromatic carbocycles. The summed E-state index contributed by atoms with van der Waals surface area (Å²) in [5, 5.41) is 0. The van der Waals surface area contributed by atoms with Gasteiger partial charge >= 0.3 is 0 Å². The van der Waals surface area contributed by atoms with Crippen LogP contribution in [0.4, 0.5) is 5.69 Å². The quantitative estimate of drug-likeness (QED) is 0.903. The van der Waals surface area contributed by atoms with Crippen LogP contribution in [0.25, 0.3) is 0 Å². The number of hydrogen-bond donors (Lipinski definition) is 1. The first kappa shape index (κ1) is 14.9. The fourth-order valence-electron chi connectivity index (χ4n) is 3.31. The fourth-order valence-corrected chi connectivity index (χ4v) is 3.31. The van der Waals surface area contributed by atoms with E-state index in [-0.39, 0.29) is 6.04 Å². The van der Waals surface area contributed by atoms with Gasteiger partial charge in [0.15, 0.2) is 0 Å². The highest BCUT2D eigenvalue weighted by Crippen LogP contribution is 2.30. The molecule has 2 fully saturated rings. The molecule has 21 heavy (non-hydrogen) atoms. The van der Waals surface area contributed by atoms with Crippen LogP contribution in [-0.4, -0.2) is 43.7 Å². The lowest BCUT2D eigenvalue weighted by atomic mass is 10.0. The molecule has 1 heterocycles. The van der Waals surface area contributed by atoms with Gasteiger partial charge in [0, 0.05) is 44.5 Å². The van der Waals surface area contributed by atoms with E-state index in [9.17, 15) is 0 Å². The SMILES string of the molecule is Cc1cc(N2CCN(CC3CC3)CC2)ccc1CC(C)N. The summed E-state index contributed by atoms with van der Waals surface area (Å²) in [5.41, 5.74) is 10.1. The Morgan fingerprint density at radius 2 is 1.90 bits per heavy atom. The van der Waals surface area contributed by atoms with Crippen LogP contribution in [0.3, 0.4) is 0 Å². The molecule has 3 heteroatoms. The van der Waals surface area contributed by atoms with Crippen molar-refractivity contribution >= 4 is 5.69 Å². The molecular weight excluding hydrogens is 258 g/mol. The molecule has 1 aliphatic heterocycles. The van der Waals surface area contributed by atoms with Gasteiger partial charge in [0.2, 0.25) is 0 Å². The summed E-state index contributed by atoms with van der Waals surface area (Å²) in [7, 11) is 0. The Morgan fingerprint density at radius 1 is 1.19 bits per heavy atom. The van der Waals surface area contributed by atoms with Crippen molar-refractivity contribution in [2.45, 2.75) is 39.2 Å². The Kier molecular flexibility index (Phi) is 4.51. The van der Waals surface area contributed by atoms with Crippen LogP contribution < -0.4 is 10.6 Å². The van der Waals surface area contributed by atoms with Crippen LogP contribution in [0.1, 0.15) is 30.9 Å². The highest BCUT2D eigenvalue weighted by Gasteiger charge is 2.26. The largest absolute Gasteiger partial charge is 0.369 e. The number of rotatable bonds is 5. The van der Waals surface area contributed by atoms with Crippen molar-refractivity contribution in [3.8, 4) is 0 Å². The number of nitrogens with two attached hydrogens (primary N) is 1. The van der Waals surface area contributed by atoms with Crippen molar-refractivity contribution in [1.29, 1.82) is 0 Å². The molecule has 1 saturated carbocycles. The summed E-state index contributed by atoms with van der Waals surface area (Å²) in [4.78, 5) is 5.18. The second kappa shape index (κ2) is 6.37. The van der Waals surface area contributed by atoms with Crippen molar-refractivity contribution in [2.24, 2.45) is 11.7 Å². The highest BCUT2D eigenvalue weighted by atomic mass is 15.3. The van der Waals surface area contributed by atoms with Gasteiger partial charge in [0.05, 0.1) is 0 Å². The van der Waals surface area contributed by atoms with E-state index in [0.717, 1.165) is 12.3 Å². The number of hydrogen-bond acceptors (Lipinski definition) is 3. The van der Waals surface area contributed by atoms with Gasteiger partial charge < -0.3 is 10.6 Å². The minimum absolute atomic E-state index is 0.237. The van der Waals surface area contributed by atoms with E-state index in [1.807, 2.05) is 0 Å². The minimum atomic E-state index is 0.237. The van der Waals surface area contributed by atoms with Gasteiger partial charge in [-0.25, -0.2) is 0 Å². The zero-order valence-corrected chi connectivity index (χ0v) is 13.5. The Hall–Kier alpha value is -1.06. The average Bonchev–Trinajstić information content (AvgIpc) is 3.25. The summed E-state index contributed by atoms with van der Waals surface area (Å²) >= 11 is 0. The minimum Gasteiger partial charge on any atom is -0.369 e. The van der Waals surface area contributed by atoms with Crippen LogP contribution in [0.2, 0.25) is 0 Å². The number of aryl methyl sites for hydroxylation is 1. The van der Waals surface area contributed by atoms with E-state index in [1.165, 1.54) is 62.4 Å². The van der Waals surface area contributed by atoms with Crippen LogP contribution in [0, 0.1) is 12.8 Å². The third kappa shape index (κ3) is 3.98. The first-order valence-corrected chi connectivity index (χ1v) is 8.44. The molecule has 0 radical (unpaired) electrons. The van der Waals surface area contributed by atoms with Crippen molar-refractivity contribution in [3.63, 3.8) is 0 Å². The number of piperazine rings is 1. The van der Waals surface area contributed by atoms with E-state index >= 15 is 0 Å². The third-order valence-electron chi connectivity index (χ3n) is 4.82. The Bertz CT molecular complexity index is 471. The van der Waals surface area contributed by atoms with Crippen LogP contribution >= 0.6 is 0 Å². The van der Waals surface area contributed by atoms with Crippen molar-refractivity contribution in [3.05, 3.63) is 29.3 Å². The molecule has 3 rings (SSSR count). The van der Waals surface area contributed by atoms with Crippen molar-refractivity contribution < 1.29 is 0 Å². The lowest BCUT2D eigenvalue weighted by Crippen LogP contribution is -2.47. The monoisotopic (exact) mass is 287 g/mol. The van der Waals surface area contributed by atoms with Crippen LogP contribution in [0.5, 0.6) is 0 Å². The van der Waals surface area contributed by atoms with Gasteiger partial charge in [-0.05, 0) is 62.3 Å². The van der Waals surface area contributed by atoms with Gasteiger partial charge in [0.25, 0.3) is 0 Å². The second-order valence-corrected chi connectivity index (χ2v) is 7.02. The first-order chi connectivity index (χ1) is 10.1. The summed E-state index contributed by atoms with van der Waals surface area (Å²) in [6, 6.07) is 7.13. The first-order valence-electron chi connectivity index (χ1n) is 8.44. The van der Waals surface area contributed by atoms with E-state index < -0.39 is 0 Å². The predicted octanol–water partition coefficient (Wildman–Crippen LogP) is 2.42. The summed E-state index contributed by atoms with van der Waals surface area (Å²) in [6.45, 7) is 10.4. The Balaban J connectivity index is 1.58. The summed E-state index contributed by atoms with van der Waals surface area (Å²) in [5.74, 6) is 1.01. The molecule has 1 unspecified atom stereocenters. The molecule has 1 aliphatic carbocycles. The normalized spacial score (nSPS) is 21.6. The molecule has 1 saturated heterocycles. The number of nitrogens with zero attached hydrogens (tertiary/aromatic N) is 2. The maximum Gasteiger partial charge on any atom is 0.0369 e. The smallest absolute Gasteiger partial charge is 0.0369 e. The van der Waals surface area contributed by atoms with Gasteiger partial charge in [0.1, 0.15) is 0 Å². The second-order valence-electron chi connectivity index (χ2n) is 7.02. The topological polar surface area (TPSA) is 32.5 Å². The molecule has 116 valence electrons. The van der Waals surface area contributed by atoms with Crippen molar-refractivity contribution in [2.75, 3.05) is 37.6 Å². The maximum atomic E-state index is 5.92. The molecule has 0 spiro atoms.